The summed E-state index contributed by atoms with van der Waals surface area (Å²) in [5.74, 6) is 0.680. The van der Waals surface area contributed by atoms with Crippen LogP contribution in [0.15, 0.2) is 18.2 Å². The summed E-state index contributed by atoms with van der Waals surface area (Å²) in [6.45, 7) is 6.96. The maximum atomic E-state index is 10.5. The highest BCUT2D eigenvalue weighted by Crippen LogP contribution is 2.27. The first-order valence-corrected chi connectivity index (χ1v) is 7.27. The molecule has 0 aliphatic rings. The molecule has 4 heteroatoms. The lowest BCUT2D eigenvalue weighted by molar-refractivity contribution is -0.110. The van der Waals surface area contributed by atoms with E-state index in [9.17, 15) is 9.90 Å². The Morgan fingerprint density at radius 2 is 2.10 bits per heavy atom. The maximum absolute atomic E-state index is 10.5. The molecule has 3 N–H and O–H groups in total. The number of ether oxygens (including phenoxy) is 1. The number of hydrogen-bond acceptors (Lipinski definition) is 4. The number of aromatic hydroxyl groups is 1. The molecular formula is C16H27NO3. The van der Waals surface area contributed by atoms with E-state index in [2.05, 4.69) is 0 Å². The van der Waals surface area contributed by atoms with E-state index in [0.29, 0.717) is 18.9 Å². The Balaban J connectivity index is 0.00000172. The predicted molar refractivity (Wildman–Crippen MR) is 82.2 cm³/mol. The molecule has 1 unspecified atom stereocenters. The number of aldehydes is 1. The standard InChI is InChI=1S/C14H21NO3.C2H6/c1-11(10-16)3-4-12-5-6-13(17)14(9-12)18-8-2-7-15;1-2/h5-6,9-11,17H,2-4,7-8,15H2,1H3;1-2H3. The molecule has 0 amide bonds. The van der Waals surface area contributed by atoms with Gasteiger partial charge >= 0.3 is 0 Å². The Kier molecular flexibility index (Phi) is 10.4. The van der Waals surface area contributed by atoms with Crippen molar-refractivity contribution < 1.29 is 14.6 Å². The normalized spacial score (nSPS) is 11.2. The number of rotatable bonds is 8. The van der Waals surface area contributed by atoms with Crippen molar-refractivity contribution in [1.29, 1.82) is 0 Å². The van der Waals surface area contributed by atoms with E-state index < -0.39 is 0 Å². The zero-order chi connectivity index (χ0) is 15.4. The fourth-order valence-corrected chi connectivity index (χ4v) is 1.56. The predicted octanol–water partition coefficient (Wildman–Crippen LogP) is 2.91. The van der Waals surface area contributed by atoms with Crippen LogP contribution in [0.2, 0.25) is 0 Å². The van der Waals surface area contributed by atoms with Gasteiger partial charge in [-0.3, -0.25) is 0 Å². The van der Waals surface area contributed by atoms with Crippen LogP contribution in [-0.2, 0) is 11.2 Å². The number of aryl methyl sites for hydroxylation is 1. The summed E-state index contributed by atoms with van der Waals surface area (Å²) in [6.07, 6.45) is 3.31. The summed E-state index contributed by atoms with van der Waals surface area (Å²) < 4.78 is 5.45. The van der Waals surface area contributed by atoms with E-state index in [1.807, 2.05) is 32.9 Å². The average Bonchev–Trinajstić information content (AvgIpc) is 2.49. The highest BCUT2D eigenvalue weighted by Gasteiger charge is 2.06. The van der Waals surface area contributed by atoms with Crippen LogP contribution in [-0.4, -0.2) is 24.5 Å². The third-order valence-corrected chi connectivity index (χ3v) is 2.75. The molecule has 1 aromatic rings. The highest BCUT2D eigenvalue weighted by atomic mass is 16.5. The quantitative estimate of drug-likeness (QED) is 0.567. The second kappa shape index (κ2) is 11.3. The number of benzene rings is 1. The Labute approximate surface area is 121 Å². The minimum Gasteiger partial charge on any atom is -0.504 e. The van der Waals surface area contributed by atoms with Crippen LogP contribution >= 0.6 is 0 Å². The van der Waals surface area contributed by atoms with E-state index in [1.165, 1.54) is 0 Å². The van der Waals surface area contributed by atoms with E-state index in [-0.39, 0.29) is 11.7 Å². The molecule has 0 aliphatic heterocycles. The van der Waals surface area contributed by atoms with Crippen molar-refractivity contribution in [3.63, 3.8) is 0 Å². The fraction of sp³-hybridized carbons (Fsp3) is 0.562. The Hall–Kier alpha value is -1.55. The monoisotopic (exact) mass is 281 g/mol. The van der Waals surface area contributed by atoms with Crippen molar-refractivity contribution >= 4 is 6.29 Å². The molecule has 0 spiro atoms. The van der Waals surface area contributed by atoms with Gasteiger partial charge in [0.2, 0.25) is 0 Å². The van der Waals surface area contributed by atoms with Crippen molar-refractivity contribution in [2.75, 3.05) is 13.2 Å². The van der Waals surface area contributed by atoms with Crippen LogP contribution in [0.4, 0.5) is 0 Å². The summed E-state index contributed by atoms with van der Waals surface area (Å²) in [5.41, 5.74) is 6.44. The summed E-state index contributed by atoms with van der Waals surface area (Å²) in [4.78, 5) is 10.5. The number of carbonyl (C=O) groups excluding carboxylic acids is 1. The van der Waals surface area contributed by atoms with Gasteiger partial charge < -0.3 is 20.4 Å². The van der Waals surface area contributed by atoms with Crippen LogP contribution in [0, 0.1) is 5.92 Å². The smallest absolute Gasteiger partial charge is 0.161 e. The van der Waals surface area contributed by atoms with E-state index >= 15 is 0 Å². The van der Waals surface area contributed by atoms with E-state index in [4.69, 9.17) is 10.5 Å². The van der Waals surface area contributed by atoms with Crippen molar-refractivity contribution in [3.05, 3.63) is 23.8 Å². The van der Waals surface area contributed by atoms with Crippen LogP contribution in [0.3, 0.4) is 0 Å². The van der Waals surface area contributed by atoms with Crippen molar-refractivity contribution in [1.82, 2.24) is 0 Å². The van der Waals surface area contributed by atoms with Crippen LogP contribution in [0.1, 0.15) is 39.2 Å². The molecule has 0 radical (unpaired) electrons. The van der Waals surface area contributed by atoms with Gasteiger partial charge in [-0.15, -0.1) is 0 Å². The SMILES string of the molecule is CC.CC(C=O)CCc1ccc(O)c(OCCCN)c1. The number of hydrogen-bond donors (Lipinski definition) is 2. The van der Waals surface area contributed by atoms with Gasteiger partial charge in [0.25, 0.3) is 0 Å². The highest BCUT2D eigenvalue weighted by molar-refractivity contribution is 5.52. The van der Waals surface area contributed by atoms with Gasteiger partial charge in [0.1, 0.15) is 6.29 Å². The van der Waals surface area contributed by atoms with Crippen LogP contribution < -0.4 is 10.5 Å². The summed E-state index contributed by atoms with van der Waals surface area (Å²) in [5, 5.41) is 9.65. The van der Waals surface area contributed by atoms with Gasteiger partial charge in [-0.2, -0.15) is 0 Å². The third-order valence-electron chi connectivity index (χ3n) is 2.75. The van der Waals surface area contributed by atoms with Gasteiger partial charge in [0.15, 0.2) is 11.5 Å². The van der Waals surface area contributed by atoms with Gasteiger partial charge in [-0.1, -0.05) is 26.8 Å². The zero-order valence-corrected chi connectivity index (χ0v) is 12.8. The average molecular weight is 281 g/mol. The fourth-order valence-electron chi connectivity index (χ4n) is 1.56. The molecule has 4 nitrogen and oxygen atoms in total. The lowest BCUT2D eigenvalue weighted by atomic mass is 10.0. The van der Waals surface area contributed by atoms with E-state index in [0.717, 1.165) is 31.1 Å². The molecule has 1 rings (SSSR count). The first-order valence-electron chi connectivity index (χ1n) is 7.27. The number of phenolic OH excluding ortho intramolecular Hbond substituents is 1. The number of carbonyl (C=O) groups is 1. The molecule has 0 fully saturated rings. The molecule has 0 aromatic heterocycles. The van der Waals surface area contributed by atoms with Crippen molar-refractivity contribution in [3.8, 4) is 11.5 Å². The molecule has 0 saturated heterocycles. The molecular weight excluding hydrogens is 254 g/mol. The maximum Gasteiger partial charge on any atom is 0.161 e. The molecule has 1 aromatic carbocycles. The lowest BCUT2D eigenvalue weighted by Crippen LogP contribution is -2.06. The molecule has 0 heterocycles. The van der Waals surface area contributed by atoms with Gasteiger partial charge in [0, 0.05) is 5.92 Å². The molecule has 20 heavy (non-hydrogen) atoms. The van der Waals surface area contributed by atoms with Crippen LogP contribution in [0.5, 0.6) is 11.5 Å². The first-order chi connectivity index (χ1) is 9.67. The topological polar surface area (TPSA) is 72.5 Å². The Bertz CT molecular complexity index is 380. The Morgan fingerprint density at radius 1 is 1.40 bits per heavy atom. The summed E-state index contributed by atoms with van der Waals surface area (Å²) >= 11 is 0. The second-order valence-electron chi connectivity index (χ2n) is 4.44. The van der Waals surface area contributed by atoms with Crippen molar-refractivity contribution in [2.24, 2.45) is 11.7 Å². The molecule has 114 valence electrons. The minimum atomic E-state index is 0.0559. The Morgan fingerprint density at radius 3 is 2.70 bits per heavy atom. The van der Waals surface area contributed by atoms with E-state index in [1.54, 1.807) is 6.07 Å². The third kappa shape index (κ3) is 7.14. The summed E-state index contributed by atoms with van der Waals surface area (Å²) in [7, 11) is 0. The largest absolute Gasteiger partial charge is 0.504 e. The molecule has 1 atom stereocenters. The molecule has 0 bridgehead atoms. The van der Waals surface area contributed by atoms with Crippen molar-refractivity contribution in [2.45, 2.75) is 40.0 Å². The number of phenols is 1. The number of nitrogens with two attached hydrogens (primary N) is 1. The minimum absolute atomic E-state index is 0.0559. The van der Waals surface area contributed by atoms with Gasteiger partial charge in [-0.25, -0.2) is 0 Å². The zero-order valence-electron chi connectivity index (χ0n) is 12.8. The van der Waals surface area contributed by atoms with Crippen LogP contribution in [0.25, 0.3) is 0 Å². The lowest BCUT2D eigenvalue weighted by Gasteiger charge is -2.10. The summed E-state index contributed by atoms with van der Waals surface area (Å²) in [6, 6.07) is 5.30. The second-order valence-corrected chi connectivity index (χ2v) is 4.44. The molecule has 0 aliphatic carbocycles. The molecule has 0 saturated carbocycles. The van der Waals surface area contributed by atoms with Gasteiger partial charge in [-0.05, 0) is 43.5 Å². The van der Waals surface area contributed by atoms with Gasteiger partial charge in [0.05, 0.1) is 6.61 Å². The first kappa shape index (κ1) is 18.4.